The number of hydrogen-bond donors (Lipinski definition) is 1. The number of amides is 1. The van der Waals surface area contributed by atoms with Crippen LogP contribution in [0.5, 0.6) is 0 Å². The summed E-state index contributed by atoms with van der Waals surface area (Å²) in [6.45, 7) is 5.84. The van der Waals surface area contributed by atoms with E-state index in [1.165, 1.54) is 19.2 Å². The molecule has 0 fully saturated rings. The van der Waals surface area contributed by atoms with Crippen LogP contribution in [0.15, 0.2) is 42.5 Å². The van der Waals surface area contributed by atoms with Crippen molar-refractivity contribution >= 4 is 11.9 Å². The average Bonchev–Trinajstić information content (AvgIpc) is 2.60. The topological polar surface area (TPSA) is 55.4 Å². The second-order valence-electron chi connectivity index (χ2n) is 6.74. The molecule has 2 rings (SSSR count). The molecule has 0 saturated heterocycles. The monoisotopic (exact) mass is 357 g/mol. The number of aryl methyl sites for hydroxylation is 1. The molecule has 0 bridgehead atoms. The number of methoxy groups -OCH3 is 1. The zero-order valence-electron chi connectivity index (χ0n) is 15.5. The van der Waals surface area contributed by atoms with Crippen molar-refractivity contribution < 1.29 is 18.7 Å². The van der Waals surface area contributed by atoms with Gasteiger partial charge in [-0.2, -0.15) is 0 Å². The van der Waals surface area contributed by atoms with Crippen molar-refractivity contribution in [1.82, 2.24) is 5.32 Å². The van der Waals surface area contributed by atoms with Gasteiger partial charge < -0.3 is 10.1 Å². The fourth-order valence-electron chi connectivity index (χ4n) is 2.69. The average molecular weight is 357 g/mol. The molecule has 2 aromatic rings. The summed E-state index contributed by atoms with van der Waals surface area (Å²) >= 11 is 0. The number of esters is 1. The number of hydrogen-bond acceptors (Lipinski definition) is 3. The van der Waals surface area contributed by atoms with Crippen molar-refractivity contribution in [3.8, 4) is 11.1 Å². The molecule has 26 heavy (non-hydrogen) atoms. The van der Waals surface area contributed by atoms with Gasteiger partial charge in [0.25, 0.3) is 5.91 Å². The highest BCUT2D eigenvalue weighted by Crippen LogP contribution is 2.22. The first kappa shape index (κ1) is 19.6. The quantitative estimate of drug-likeness (QED) is 0.791. The lowest BCUT2D eigenvalue weighted by molar-refractivity contribution is -0.143. The number of benzene rings is 2. The molecule has 0 aliphatic carbocycles. The summed E-state index contributed by atoms with van der Waals surface area (Å²) in [4.78, 5) is 24.2. The van der Waals surface area contributed by atoms with Gasteiger partial charge in [0, 0.05) is 0 Å². The Hall–Kier alpha value is -2.69. The summed E-state index contributed by atoms with van der Waals surface area (Å²) in [6.07, 6.45) is 0.418. The summed E-state index contributed by atoms with van der Waals surface area (Å²) in [5.41, 5.74) is 2.57. The van der Waals surface area contributed by atoms with E-state index in [0.29, 0.717) is 12.0 Å². The van der Waals surface area contributed by atoms with Crippen molar-refractivity contribution in [1.29, 1.82) is 0 Å². The van der Waals surface area contributed by atoms with Gasteiger partial charge >= 0.3 is 5.97 Å². The fourth-order valence-corrected chi connectivity index (χ4v) is 2.69. The van der Waals surface area contributed by atoms with Crippen molar-refractivity contribution in [2.24, 2.45) is 5.92 Å². The van der Waals surface area contributed by atoms with Crippen LogP contribution in [-0.2, 0) is 9.53 Å². The second-order valence-corrected chi connectivity index (χ2v) is 6.74. The van der Waals surface area contributed by atoms with Crippen LogP contribution >= 0.6 is 0 Å². The van der Waals surface area contributed by atoms with Gasteiger partial charge in [0.1, 0.15) is 11.9 Å². The van der Waals surface area contributed by atoms with Crippen LogP contribution in [0.1, 0.15) is 36.2 Å². The van der Waals surface area contributed by atoms with Crippen molar-refractivity contribution in [3.63, 3.8) is 0 Å². The van der Waals surface area contributed by atoms with E-state index in [1.807, 2.05) is 45.0 Å². The molecule has 0 radical (unpaired) electrons. The Labute approximate surface area is 153 Å². The van der Waals surface area contributed by atoms with Gasteiger partial charge in [0.15, 0.2) is 0 Å². The smallest absolute Gasteiger partial charge is 0.328 e. The van der Waals surface area contributed by atoms with Gasteiger partial charge in [0.2, 0.25) is 0 Å². The Morgan fingerprint density at radius 1 is 1.08 bits per heavy atom. The lowest BCUT2D eigenvalue weighted by Crippen LogP contribution is -2.42. The summed E-state index contributed by atoms with van der Waals surface area (Å²) in [6, 6.07) is 11.3. The minimum absolute atomic E-state index is 0.0986. The minimum atomic E-state index is -0.802. The number of ether oxygens (including phenoxy) is 1. The molecule has 2 aromatic carbocycles. The van der Waals surface area contributed by atoms with Crippen molar-refractivity contribution in [3.05, 3.63) is 59.4 Å². The van der Waals surface area contributed by atoms with Gasteiger partial charge in [0.05, 0.1) is 12.7 Å². The SMILES string of the molecule is COC(=O)C(CC(C)C)NC(=O)c1ccc(-c2ccc(C)cc2)cc1F. The lowest BCUT2D eigenvalue weighted by atomic mass is 10.0. The molecule has 0 aromatic heterocycles. The van der Waals surface area contributed by atoms with Crippen molar-refractivity contribution in [2.45, 2.75) is 33.2 Å². The molecule has 0 heterocycles. The van der Waals surface area contributed by atoms with Crippen LogP contribution in [0.25, 0.3) is 11.1 Å². The second kappa shape index (κ2) is 8.61. The molecule has 0 spiro atoms. The Bertz CT molecular complexity index is 784. The van der Waals surface area contributed by atoms with Gasteiger partial charge in [-0.15, -0.1) is 0 Å². The van der Waals surface area contributed by atoms with Crippen LogP contribution in [0, 0.1) is 18.7 Å². The molecule has 0 aliphatic rings. The maximum Gasteiger partial charge on any atom is 0.328 e. The van der Waals surface area contributed by atoms with E-state index >= 15 is 0 Å². The van der Waals surface area contributed by atoms with E-state index in [-0.39, 0.29) is 11.5 Å². The molecular weight excluding hydrogens is 333 g/mol. The maximum atomic E-state index is 14.5. The third kappa shape index (κ3) is 4.91. The Balaban J connectivity index is 2.20. The Kier molecular flexibility index (Phi) is 6.50. The van der Waals surface area contributed by atoms with Crippen LogP contribution in [0.3, 0.4) is 0 Å². The van der Waals surface area contributed by atoms with Crippen LogP contribution in [-0.4, -0.2) is 25.0 Å². The number of halogens is 1. The highest BCUT2D eigenvalue weighted by atomic mass is 19.1. The number of nitrogens with one attached hydrogen (secondary N) is 1. The van der Waals surface area contributed by atoms with Gasteiger partial charge in [-0.25, -0.2) is 9.18 Å². The maximum absolute atomic E-state index is 14.5. The zero-order valence-corrected chi connectivity index (χ0v) is 15.5. The van der Waals surface area contributed by atoms with Crippen LogP contribution in [0.2, 0.25) is 0 Å². The molecular formula is C21H24FNO3. The first-order valence-electron chi connectivity index (χ1n) is 8.57. The van der Waals surface area contributed by atoms with Crippen LogP contribution in [0.4, 0.5) is 4.39 Å². The van der Waals surface area contributed by atoms with E-state index in [4.69, 9.17) is 4.74 Å². The molecule has 1 N–H and O–H groups in total. The van der Waals surface area contributed by atoms with E-state index < -0.39 is 23.7 Å². The molecule has 4 nitrogen and oxygen atoms in total. The first-order chi connectivity index (χ1) is 12.3. The summed E-state index contributed by atoms with van der Waals surface area (Å²) in [5.74, 6) is -1.63. The number of carbonyl (C=O) groups is 2. The molecule has 5 heteroatoms. The predicted molar refractivity (Wildman–Crippen MR) is 99.3 cm³/mol. The molecule has 1 amide bonds. The first-order valence-corrected chi connectivity index (χ1v) is 8.57. The number of rotatable bonds is 6. The third-order valence-electron chi connectivity index (χ3n) is 4.10. The molecule has 0 saturated carbocycles. The van der Waals surface area contributed by atoms with E-state index in [0.717, 1.165) is 11.1 Å². The standard InChI is InChI=1S/C21H24FNO3/c1-13(2)11-19(21(25)26-4)23-20(24)17-10-9-16(12-18(17)22)15-7-5-14(3)6-8-15/h5-10,12-13,19H,11H2,1-4H3,(H,23,24). The zero-order chi connectivity index (χ0) is 19.3. The largest absolute Gasteiger partial charge is 0.467 e. The molecule has 1 atom stereocenters. The van der Waals surface area contributed by atoms with Crippen molar-refractivity contribution in [2.75, 3.05) is 7.11 Å². The highest BCUT2D eigenvalue weighted by Gasteiger charge is 2.24. The predicted octanol–water partition coefficient (Wildman–Crippen LogP) is 4.12. The van der Waals surface area contributed by atoms with Gasteiger partial charge in [-0.3, -0.25) is 4.79 Å². The summed E-state index contributed by atoms with van der Waals surface area (Å²) < 4.78 is 19.2. The van der Waals surface area contributed by atoms with E-state index in [1.54, 1.807) is 6.07 Å². The lowest BCUT2D eigenvalue weighted by Gasteiger charge is -2.18. The fraction of sp³-hybridized carbons (Fsp3) is 0.333. The highest BCUT2D eigenvalue weighted by molar-refractivity contribution is 5.97. The van der Waals surface area contributed by atoms with E-state index in [2.05, 4.69) is 5.32 Å². The minimum Gasteiger partial charge on any atom is -0.467 e. The van der Waals surface area contributed by atoms with E-state index in [9.17, 15) is 14.0 Å². The third-order valence-corrected chi connectivity index (χ3v) is 4.10. The Morgan fingerprint density at radius 3 is 2.23 bits per heavy atom. The molecule has 0 aliphatic heterocycles. The van der Waals surface area contributed by atoms with Gasteiger partial charge in [-0.05, 0) is 42.5 Å². The van der Waals surface area contributed by atoms with Gasteiger partial charge in [-0.1, -0.05) is 49.7 Å². The normalized spacial score (nSPS) is 11.9. The van der Waals surface area contributed by atoms with Crippen LogP contribution < -0.4 is 5.32 Å². The summed E-state index contributed by atoms with van der Waals surface area (Å²) in [7, 11) is 1.26. The summed E-state index contributed by atoms with van der Waals surface area (Å²) in [5, 5.41) is 2.57. The molecule has 138 valence electrons. The molecule has 1 unspecified atom stereocenters. The Morgan fingerprint density at radius 2 is 1.69 bits per heavy atom. The number of carbonyl (C=O) groups excluding carboxylic acids is 2.